The van der Waals surface area contributed by atoms with Gasteiger partial charge in [0.05, 0.1) is 37.1 Å². The summed E-state index contributed by atoms with van der Waals surface area (Å²) >= 11 is 0. The van der Waals surface area contributed by atoms with Gasteiger partial charge >= 0.3 is 5.97 Å². The molecule has 1 N–H and O–H groups in total. The molecule has 4 aliphatic heterocycles. The minimum Gasteiger partial charge on any atom is -0.456 e. The lowest BCUT2D eigenvalue weighted by atomic mass is 9.91. The second kappa shape index (κ2) is 15.2. The maximum absolute atomic E-state index is 13.3. The Morgan fingerprint density at radius 2 is 1.89 bits per heavy atom. The molecule has 4 rings (SSSR count). The van der Waals surface area contributed by atoms with Crippen LogP contribution in [0, 0.1) is 5.92 Å². The summed E-state index contributed by atoms with van der Waals surface area (Å²) in [5, 5.41) is 11.0. The fourth-order valence-electron chi connectivity index (χ4n) is 6.07. The number of cyclic esters (lactones) is 1. The van der Waals surface area contributed by atoms with Crippen molar-refractivity contribution in [3.05, 3.63) is 60.3 Å². The van der Waals surface area contributed by atoms with E-state index in [1.807, 2.05) is 12.2 Å². The number of ether oxygens (including phenoxy) is 4. The van der Waals surface area contributed by atoms with Crippen LogP contribution >= 0.6 is 0 Å². The highest BCUT2D eigenvalue weighted by atomic mass is 28.4. The van der Waals surface area contributed by atoms with Crippen molar-refractivity contribution < 1.29 is 33.3 Å². The van der Waals surface area contributed by atoms with Crippen LogP contribution in [0.4, 0.5) is 0 Å². The molecule has 0 aliphatic carbocycles. The molecule has 0 radical (unpaired) electrons. The van der Waals surface area contributed by atoms with Gasteiger partial charge in [-0.1, -0.05) is 81.9 Å². The molecule has 0 saturated carbocycles. The van der Waals surface area contributed by atoms with Gasteiger partial charge in [0.1, 0.15) is 18.3 Å². The number of hydrogen-bond acceptors (Lipinski definition) is 7. The van der Waals surface area contributed by atoms with Gasteiger partial charge in [-0.05, 0) is 69.5 Å². The van der Waals surface area contributed by atoms with Gasteiger partial charge in [-0.15, -0.1) is 0 Å². The summed E-state index contributed by atoms with van der Waals surface area (Å²) in [4.78, 5) is 13.3. The monoisotopic (exact) mass is 628 g/mol. The standard InChI is InChI=1S/C36H56O7Si/c1-24-17-18-39-28(20-24)15-16-31(43-44(7,8)36(4,5)6)32-23-33-35(42-33)30(37)22-26(3)19-25(2)21-29-13-9-11-27(40-29)12-10-14-34(38)41-32/h9-11,14-17,25,27-33,35,37H,3,12-13,18-23H2,1-2,4-8H3/t25-,27-,28+,29-,30-,31?,32-,33-,35-/m0/s1. The molecule has 9 atom stereocenters. The summed E-state index contributed by atoms with van der Waals surface area (Å²) in [5.41, 5.74) is 2.32. The van der Waals surface area contributed by atoms with E-state index in [1.54, 1.807) is 0 Å². The van der Waals surface area contributed by atoms with Crippen LogP contribution in [0.5, 0.6) is 0 Å². The molecule has 0 spiro atoms. The summed E-state index contributed by atoms with van der Waals surface area (Å²) in [7, 11) is -2.27. The Bertz CT molecular complexity index is 1120. The molecule has 246 valence electrons. The second-order valence-electron chi connectivity index (χ2n) is 14.9. The van der Waals surface area contributed by atoms with E-state index in [0.717, 1.165) is 31.3 Å². The van der Waals surface area contributed by atoms with E-state index in [9.17, 15) is 9.90 Å². The number of aliphatic hydroxyl groups is 1. The van der Waals surface area contributed by atoms with Crippen LogP contribution in [0.3, 0.4) is 0 Å². The van der Waals surface area contributed by atoms with E-state index >= 15 is 0 Å². The van der Waals surface area contributed by atoms with E-state index in [2.05, 4.69) is 78.6 Å². The number of rotatable bonds is 5. The third-order valence-corrected chi connectivity index (χ3v) is 14.1. The highest BCUT2D eigenvalue weighted by Gasteiger charge is 2.48. The maximum Gasteiger partial charge on any atom is 0.330 e. The Labute approximate surface area is 266 Å². The van der Waals surface area contributed by atoms with Crippen molar-refractivity contribution >= 4 is 14.3 Å². The van der Waals surface area contributed by atoms with Gasteiger partial charge in [0, 0.05) is 12.5 Å². The minimum atomic E-state index is -2.27. The number of esters is 1. The summed E-state index contributed by atoms with van der Waals surface area (Å²) in [6, 6.07) is 0. The highest BCUT2D eigenvalue weighted by Crippen LogP contribution is 2.40. The Balaban J connectivity index is 1.59. The summed E-state index contributed by atoms with van der Waals surface area (Å²) in [5.74, 6) is -0.0267. The van der Waals surface area contributed by atoms with Crippen LogP contribution in [0.15, 0.2) is 60.3 Å². The van der Waals surface area contributed by atoms with Gasteiger partial charge in [0.25, 0.3) is 0 Å². The minimum absolute atomic E-state index is 0.0448. The maximum atomic E-state index is 13.3. The van der Waals surface area contributed by atoms with Gasteiger partial charge in [-0.25, -0.2) is 4.79 Å². The average Bonchev–Trinajstić information content (AvgIpc) is 3.69. The molecule has 2 bridgehead atoms. The summed E-state index contributed by atoms with van der Waals surface area (Å²) < 4.78 is 31.4. The molecule has 0 aromatic carbocycles. The Morgan fingerprint density at radius 3 is 2.61 bits per heavy atom. The Morgan fingerprint density at radius 1 is 1.11 bits per heavy atom. The van der Waals surface area contributed by atoms with E-state index in [-0.39, 0.29) is 35.6 Å². The van der Waals surface area contributed by atoms with Crippen LogP contribution in [-0.2, 0) is 28.2 Å². The van der Waals surface area contributed by atoms with Crippen molar-refractivity contribution in [2.45, 2.75) is 147 Å². The van der Waals surface area contributed by atoms with Gasteiger partial charge in [0.15, 0.2) is 8.32 Å². The Kier molecular flexibility index (Phi) is 12.1. The van der Waals surface area contributed by atoms with Crippen LogP contribution in [0.1, 0.15) is 79.6 Å². The predicted molar refractivity (Wildman–Crippen MR) is 177 cm³/mol. The average molecular weight is 629 g/mol. The first kappa shape index (κ1) is 35.0. The number of fused-ring (bicyclic) bond motifs is 3. The van der Waals surface area contributed by atoms with Gasteiger partial charge in [0.2, 0.25) is 0 Å². The van der Waals surface area contributed by atoms with Crippen molar-refractivity contribution in [2.24, 2.45) is 5.92 Å². The van der Waals surface area contributed by atoms with Gasteiger partial charge in [-0.3, -0.25) is 0 Å². The zero-order valence-electron chi connectivity index (χ0n) is 28.0. The van der Waals surface area contributed by atoms with Crippen LogP contribution in [0.25, 0.3) is 0 Å². The third kappa shape index (κ3) is 10.4. The molecule has 44 heavy (non-hydrogen) atoms. The number of aliphatic hydroxyl groups excluding tert-OH is 1. The lowest BCUT2D eigenvalue weighted by Gasteiger charge is -2.40. The number of carbonyl (C=O) groups excluding carboxylic acids is 1. The van der Waals surface area contributed by atoms with E-state index in [0.29, 0.717) is 31.8 Å². The first-order chi connectivity index (χ1) is 20.7. The largest absolute Gasteiger partial charge is 0.456 e. The summed E-state index contributed by atoms with van der Waals surface area (Å²) in [6.45, 7) is 20.2. The number of epoxide rings is 1. The fourth-order valence-corrected chi connectivity index (χ4v) is 7.34. The van der Waals surface area contributed by atoms with Crippen molar-refractivity contribution in [2.75, 3.05) is 6.61 Å². The second-order valence-corrected chi connectivity index (χ2v) is 19.6. The van der Waals surface area contributed by atoms with Gasteiger partial charge in [-0.2, -0.15) is 0 Å². The highest BCUT2D eigenvalue weighted by molar-refractivity contribution is 6.74. The molecule has 4 aliphatic rings. The lowest BCUT2D eigenvalue weighted by Crippen LogP contribution is -2.47. The first-order valence-corrected chi connectivity index (χ1v) is 19.4. The first-order valence-electron chi connectivity index (χ1n) is 16.5. The van der Waals surface area contributed by atoms with Crippen LogP contribution in [0.2, 0.25) is 18.1 Å². The molecular formula is C36H56O7Si. The predicted octanol–water partition coefficient (Wildman–Crippen LogP) is 7.13. The van der Waals surface area contributed by atoms with Crippen LogP contribution < -0.4 is 0 Å². The summed E-state index contributed by atoms with van der Waals surface area (Å²) in [6.07, 6.45) is 16.5. The third-order valence-electron chi connectivity index (χ3n) is 9.66. The smallest absolute Gasteiger partial charge is 0.330 e. The van der Waals surface area contributed by atoms with Crippen molar-refractivity contribution in [1.29, 1.82) is 0 Å². The van der Waals surface area contributed by atoms with Crippen molar-refractivity contribution in [1.82, 2.24) is 0 Å². The molecular weight excluding hydrogens is 572 g/mol. The topological polar surface area (TPSA) is 86.8 Å². The van der Waals surface area contributed by atoms with Gasteiger partial charge < -0.3 is 28.5 Å². The van der Waals surface area contributed by atoms with E-state index in [1.165, 1.54) is 11.6 Å². The molecule has 0 amide bonds. The van der Waals surface area contributed by atoms with E-state index in [4.69, 9.17) is 23.4 Å². The molecule has 4 heterocycles. The quantitative estimate of drug-likeness (QED) is 0.150. The van der Waals surface area contributed by atoms with Crippen LogP contribution in [-0.4, -0.2) is 74.8 Å². The molecule has 0 aromatic heterocycles. The Hall–Kier alpha value is -1.81. The molecule has 1 unspecified atom stereocenters. The fraction of sp³-hybridized carbons (Fsp3) is 0.694. The van der Waals surface area contributed by atoms with Crippen molar-refractivity contribution in [3.63, 3.8) is 0 Å². The zero-order chi connectivity index (χ0) is 32.1. The van der Waals surface area contributed by atoms with E-state index < -0.39 is 32.6 Å². The molecule has 8 heteroatoms. The molecule has 0 aromatic rings. The number of hydrogen-bond donors (Lipinski definition) is 1. The molecule has 1 saturated heterocycles. The van der Waals surface area contributed by atoms with Crippen molar-refractivity contribution in [3.8, 4) is 0 Å². The molecule has 7 nitrogen and oxygen atoms in total. The zero-order valence-corrected chi connectivity index (χ0v) is 29.0. The lowest BCUT2D eigenvalue weighted by molar-refractivity contribution is -0.147. The number of carbonyl (C=O) groups is 1. The SMILES string of the molecule is C=C1C[C@H](C)C[C@@H]2CC=C[C@@H](CC=CC(=O)O[C@H](C(C=C[C@@H]3CC(C)=CCO3)O[Si](C)(C)C(C)(C)C)C[C@@H]3O[C@H]3[C@@H](O)C1)O2. The normalized spacial score (nSPS) is 35.3. The molecule has 1 fully saturated rings.